The predicted molar refractivity (Wildman–Crippen MR) is 83.3 cm³/mol. The molecule has 1 aromatic heterocycles. The highest BCUT2D eigenvalue weighted by atomic mass is 35.5. The van der Waals surface area contributed by atoms with Gasteiger partial charge in [-0.1, -0.05) is 32.4 Å². The summed E-state index contributed by atoms with van der Waals surface area (Å²) in [6.07, 6.45) is 0.760. The fourth-order valence-electron chi connectivity index (χ4n) is 2.09. The number of pyridine rings is 1. The third-order valence-electron chi connectivity index (χ3n) is 3.28. The van der Waals surface area contributed by atoms with Gasteiger partial charge in [0, 0.05) is 23.8 Å². The average Bonchev–Trinajstić information content (AvgIpc) is 2.43. The van der Waals surface area contributed by atoms with Gasteiger partial charge in [-0.15, -0.1) is 0 Å². The molecule has 1 atom stereocenters. The number of carbonyl (C=O) groups is 1. The van der Waals surface area contributed by atoms with Crippen molar-refractivity contribution in [2.45, 2.75) is 40.2 Å². The van der Waals surface area contributed by atoms with E-state index in [1.807, 2.05) is 13.8 Å². The highest BCUT2D eigenvalue weighted by Gasteiger charge is 2.13. The number of nitrogens with zero attached hydrogens (tertiary/aromatic N) is 2. The van der Waals surface area contributed by atoms with Crippen LogP contribution >= 0.6 is 11.6 Å². The number of aromatic nitrogens is 1. The Morgan fingerprint density at radius 3 is 2.55 bits per heavy atom. The van der Waals surface area contributed by atoms with E-state index in [4.69, 9.17) is 11.6 Å². The zero-order chi connectivity index (χ0) is 15.1. The number of nitrogens with one attached hydrogen (secondary N) is 1. The van der Waals surface area contributed by atoms with E-state index in [0.717, 1.165) is 31.7 Å². The van der Waals surface area contributed by atoms with Crippen LogP contribution in [0.25, 0.3) is 0 Å². The van der Waals surface area contributed by atoms with Gasteiger partial charge in [-0.3, -0.25) is 4.79 Å². The van der Waals surface area contributed by atoms with Gasteiger partial charge in [0.05, 0.1) is 0 Å². The molecular formula is C15H24ClN3O. The molecule has 5 heteroatoms. The Labute approximate surface area is 126 Å². The first kappa shape index (κ1) is 16.9. The molecule has 0 radical (unpaired) electrons. The van der Waals surface area contributed by atoms with E-state index in [1.165, 1.54) is 0 Å². The highest BCUT2D eigenvalue weighted by molar-refractivity contribution is 6.29. The van der Waals surface area contributed by atoms with Crippen molar-refractivity contribution in [3.8, 4) is 0 Å². The highest BCUT2D eigenvalue weighted by Crippen LogP contribution is 2.11. The van der Waals surface area contributed by atoms with Crippen LogP contribution in [-0.4, -0.2) is 41.5 Å². The van der Waals surface area contributed by atoms with Gasteiger partial charge < -0.3 is 10.2 Å². The lowest BCUT2D eigenvalue weighted by Crippen LogP contribution is -2.42. The van der Waals surface area contributed by atoms with Crippen LogP contribution in [0, 0.1) is 0 Å². The van der Waals surface area contributed by atoms with E-state index < -0.39 is 0 Å². The summed E-state index contributed by atoms with van der Waals surface area (Å²) in [6, 6.07) is 3.50. The van der Waals surface area contributed by atoms with Crippen LogP contribution in [-0.2, 0) is 6.42 Å². The lowest BCUT2D eigenvalue weighted by Gasteiger charge is -2.23. The van der Waals surface area contributed by atoms with Crippen molar-refractivity contribution in [1.29, 1.82) is 0 Å². The second kappa shape index (κ2) is 8.22. The minimum atomic E-state index is -0.0938. The second-order valence-corrected chi connectivity index (χ2v) is 5.27. The van der Waals surface area contributed by atoms with Gasteiger partial charge in [0.25, 0.3) is 5.91 Å². The largest absolute Gasteiger partial charge is 0.348 e. The summed E-state index contributed by atoms with van der Waals surface area (Å²) >= 11 is 5.94. The van der Waals surface area contributed by atoms with Crippen LogP contribution in [0.2, 0.25) is 5.15 Å². The molecule has 1 unspecified atom stereocenters. The summed E-state index contributed by atoms with van der Waals surface area (Å²) in [5.41, 5.74) is 1.41. The third kappa shape index (κ3) is 5.10. The Kier molecular flexibility index (Phi) is 6.96. The Balaban J connectivity index is 2.68. The Morgan fingerprint density at radius 2 is 2.00 bits per heavy atom. The minimum Gasteiger partial charge on any atom is -0.348 e. The molecule has 0 saturated carbocycles. The number of hydrogen-bond acceptors (Lipinski definition) is 3. The summed E-state index contributed by atoms with van der Waals surface area (Å²) in [7, 11) is 0. The molecular weight excluding hydrogens is 274 g/mol. The molecule has 0 aliphatic rings. The van der Waals surface area contributed by atoms with E-state index in [1.54, 1.807) is 12.1 Å². The van der Waals surface area contributed by atoms with Crippen molar-refractivity contribution < 1.29 is 4.79 Å². The standard InChI is InChI=1S/C15H24ClN3O/c1-5-13-8-12(9-14(16)18-13)15(20)17-11(4)10-19(6-2)7-3/h8-9,11H,5-7,10H2,1-4H3,(H,17,20). The average molecular weight is 298 g/mol. The minimum absolute atomic E-state index is 0.0938. The maximum atomic E-state index is 12.2. The van der Waals surface area contributed by atoms with E-state index in [9.17, 15) is 4.79 Å². The molecule has 1 amide bonds. The van der Waals surface area contributed by atoms with Crippen LogP contribution in [0.3, 0.4) is 0 Å². The number of aryl methyl sites for hydroxylation is 1. The number of amides is 1. The second-order valence-electron chi connectivity index (χ2n) is 4.88. The van der Waals surface area contributed by atoms with Crippen LogP contribution in [0.15, 0.2) is 12.1 Å². The van der Waals surface area contributed by atoms with Crippen LogP contribution in [0.1, 0.15) is 43.7 Å². The molecule has 20 heavy (non-hydrogen) atoms. The van der Waals surface area contributed by atoms with Crippen molar-refractivity contribution in [2.75, 3.05) is 19.6 Å². The molecule has 1 heterocycles. The third-order valence-corrected chi connectivity index (χ3v) is 3.47. The molecule has 0 saturated heterocycles. The fourth-order valence-corrected chi connectivity index (χ4v) is 2.31. The monoisotopic (exact) mass is 297 g/mol. The first-order valence-electron chi connectivity index (χ1n) is 7.19. The van der Waals surface area contributed by atoms with Crippen molar-refractivity contribution in [2.24, 2.45) is 0 Å². The van der Waals surface area contributed by atoms with Gasteiger partial charge >= 0.3 is 0 Å². The maximum Gasteiger partial charge on any atom is 0.251 e. The number of rotatable bonds is 7. The molecule has 4 nitrogen and oxygen atoms in total. The summed E-state index contributed by atoms with van der Waals surface area (Å²) in [5, 5.41) is 3.37. The van der Waals surface area contributed by atoms with Gasteiger partial charge in [0.1, 0.15) is 5.15 Å². The molecule has 0 aliphatic heterocycles. The SMILES string of the molecule is CCc1cc(C(=O)NC(C)CN(CC)CC)cc(Cl)n1. The lowest BCUT2D eigenvalue weighted by molar-refractivity contribution is 0.0930. The number of carbonyl (C=O) groups excluding carboxylic acids is 1. The topological polar surface area (TPSA) is 45.2 Å². The smallest absolute Gasteiger partial charge is 0.251 e. The van der Waals surface area contributed by atoms with Crippen LogP contribution < -0.4 is 5.32 Å². The molecule has 0 aliphatic carbocycles. The molecule has 0 spiro atoms. The Morgan fingerprint density at radius 1 is 1.35 bits per heavy atom. The van der Waals surface area contributed by atoms with Gasteiger partial charge in [-0.25, -0.2) is 4.98 Å². The van der Waals surface area contributed by atoms with Gasteiger partial charge in [-0.2, -0.15) is 0 Å². The van der Waals surface area contributed by atoms with Crippen molar-refractivity contribution >= 4 is 17.5 Å². The molecule has 1 aromatic rings. The van der Waals surface area contributed by atoms with E-state index in [2.05, 4.69) is 29.0 Å². The predicted octanol–water partition coefficient (Wildman–Crippen LogP) is 2.76. The normalized spacial score (nSPS) is 12.5. The summed E-state index contributed by atoms with van der Waals surface area (Å²) in [6.45, 7) is 11.1. The molecule has 112 valence electrons. The zero-order valence-corrected chi connectivity index (χ0v) is 13.5. The quantitative estimate of drug-likeness (QED) is 0.787. The van der Waals surface area contributed by atoms with Crippen molar-refractivity contribution in [3.63, 3.8) is 0 Å². The lowest BCUT2D eigenvalue weighted by atomic mass is 10.2. The Hall–Kier alpha value is -1.13. The van der Waals surface area contributed by atoms with Gasteiger partial charge in [0.15, 0.2) is 0 Å². The fraction of sp³-hybridized carbons (Fsp3) is 0.600. The first-order chi connectivity index (χ1) is 9.49. The summed E-state index contributed by atoms with van der Waals surface area (Å²) in [4.78, 5) is 18.7. The zero-order valence-electron chi connectivity index (χ0n) is 12.7. The van der Waals surface area contributed by atoms with Crippen molar-refractivity contribution in [3.05, 3.63) is 28.5 Å². The van der Waals surface area contributed by atoms with E-state index in [0.29, 0.717) is 10.7 Å². The van der Waals surface area contributed by atoms with E-state index in [-0.39, 0.29) is 11.9 Å². The number of likely N-dealkylation sites (N-methyl/N-ethyl adjacent to an activating group) is 1. The van der Waals surface area contributed by atoms with Crippen molar-refractivity contribution in [1.82, 2.24) is 15.2 Å². The maximum absolute atomic E-state index is 12.2. The van der Waals surface area contributed by atoms with Crippen LogP contribution in [0.5, 0.6) is 0 Å². The molecule has 0 fully saturated rings. The molecule has 1 N–H and O–H groups in total. The van der Waals surface area contributed by atoms with Crippen LogP contribution in [0.4, 0.5) is 0 Å². The van der Waals surface area contributed by atoms with E-state index >= 15 is 0 Å². The molecule has 0 aromatic carbocycles. The summed E-state index contributed by atoms with van der Waals surface area (Å²) < 4.78 is 0. The first-order valence-corrected chi connectivity index (χ1v) is 7.57. The van der Waals surface area contributed by atoms with Gasteiger partial charge in [-0.05, 0) is 38.6 Å². The number of halogens is 1. The Bertz CT molecular complexity index is 447. The molecule has 1 rings (SSSR count). The van der Waals surface area contributed by atoms with Gasteiger partial charge in [0.2, 0.25) is 0 Å². The number of hydrogen-bond donors (Lipinski definition) is 1. The molecule has 0 bridgehead atoms. The summed E-state index contributed by atoms with van der Waals surface area (Å²) in [5.74, 6) is -0.0938.